The van der Waals surface area contributed by atoms with Crippen LogP contribution in [-0.2, 0) is 4.74 Å². The number of hydrogen-bond donors (Lipinski definition) is 0. The first-order chi connectivity index (χ1) is 9.63. The number of alkyl halides is 1. The Morgan fingerprint density at radius 2 is 2.25 bits per heavy atom. The maximum Gasteiger partial charge on any atom is 0.116 e. The zero-order chi connectivity index (χ0) is 14.5. The molecule has 2 atom stereocenters. The minimum absolute atomic E-state index is 0.144. The summed E-state index contributed by atoms with van der Waals surface area (Å²) in [6.07, 6.45) is 9.83. The van der Waals surface area contributed by atoms with Crippen LogP contribution in [-0.4, -0.2) is 11.9 Å². The monoisotopic (exact) mass is 353 g/mol. The van der Waals surface area contributed by atoms with Gasteiger partial charge in [0.05, 0.1) is 7.11 Å². The number of nitroso groups, excluding NO2 is 1. The van der Waals surface area contributed by atoms with E-state index in [1.807, 2.05) is 30.4 Å². The van der Waals surface area contributed by atoms with Crippen LogP contribution in [0.15, 0.2) is 53.4 Å². The predicted molar refractivity (Wildman–Crippen MR) is 86.4 cm³/mol. The summed E-state index contributed by atoms with van der Waals surface area (Å²) in [5.41, 5.74) is 1.08. The second-order valence-electron chi connectivity index (χ2n) is 4.31. The van der Waals surface area contributed by atoms with Crippen molar-refractivity contribution in [3.63, 3.8) is 0 Å². The van der Waals surface area contributed by atoms with E-state index in [-0.39, 0.29) is 10.7 Å². The summed E-state index contributed by atoms with van der Waals surface area (Å²) < 4.78 is 5.22. The largest absolute Gasteiger partial charge is 0.497 e. The summed E-state index contributed by atoms with van der Waals surface area (Å²) in [5, 5.41) is 3.49. The molecule has 2 unspecified atom stereocenters. The van der Waals surface area contributed by atoms with Crippen molar-refractivity contribution in [3.8, 4) is 0 Å². The van der Waals surface area contributed by atoms with Crippen molar-refractivity contribution in [3.05, 3.63) is 63.8 Å². The van der Waals surface area contributed by atoms with Crippen LogP contribution < -0.4 is 0 Å². The molecule has 0 saturated heterocycles. The summed E-state index contributed by atoms with van der Waals surface area (Å²) in [7, 11) is 1.64. The third-order valence-corrected chi connectivity index (χ3v) is 4.14. The lowest BCUT2D eigenvalue weighted by Gasteiger charge is -2.18. The van der Waals surface area contributed by atoms with Crippen molar-refractivity contribution in [1.29, 1.82) is 0 Å². The molecule has 2 rings (SSSR count). The second kappa shape index (κ2) is 6.86. The first-order valence-electron chi connectivity index (χ1n) is 6.03. The van der Waals surface area contributed by atoms with Crippen molar-refractivity contribution < 1.29 is 4.74 Å². The molecule has 0 bridgehead atoms. The fourth-order valence-corrected chi connectivity index (χ4v) is 2.55. The van der Waals surface area contributed by atoms with Crippen molar-refractivity contribution >= 4 is 39.3 Å². The van der Waals surface area contributed by atoms with Gasteiger partial charge in [0.15, 0.2) is 0 Å². The molecule has 0 N–H and O–H groups in total. The zero-order valence-electron chi connectivity index (χ0n) is 10.8. The van der Waals surface area contributed by atoms with E-state index in [2.05, 4.69) is 21.1 Å². The number of halogens is 2. The Morgan fingerprint density at radius 1 is 1.45 bits per heavy atom. The lowest BCUT2D eigenvalue weighted by atomic mass is 9.98. The molecule has 20 heavy (non-hydrogen) atoms. The molecule has 0 radical (unpaired) electrons. The lowest BCUT2D eigenvalue weighted by Crippen LogP contribution is -2.11. The van der Waals surface area contributed by atoms with Crippen molar-refractivity contribution in [2.75, 3.05) is 7.11 Å². The molecular formula is C15H13BrClNO2. The molecule has 1 aliphatic rings. The van der Waals surface area contributed by atoms with Gasteiger partial charge in [-0.3, -0.25) is 0 Å². The van der Waals surface area contributed by atoms with Crippen LogP contribution in [0.4, 0.5) is 5.69 Å². The Morgan fingerprint density at radius 3 is 2.95 bits per heavy atom. The van der Waals surface area contributed by atoms with Gasteiger partial charge in [-0.1, -0.05) is 51.8 Å². The summed E-state index contributed by atoms with van der Waals surface area (Å²) >= 11 is 9.43. The highest BCUT2D eigenvalue weighted by atomic mass is 79.9. The van der Waals surface area contributed by atoms with E-state index in [1.165, 1.54) is 0 Å². The number of rotatable bonds is 4. The fraction of sp³-hybridized carbons (Fsp3) is 0.200. The third kappa shape index (κ3) is 3.58. The van der Waals surface area contributed by atoms with Crippen LogP contribution >= 0.6 is 27.5 Å². The van der Waals surface area contributed by atoms with Gasteiger partial charge in [-0.2, -0.15) is 0 Å². The highest BCUT2D eigenvalue weighted by Crippen LogP contribution is 2.28. The van der Waals surface area contributed by atoms with Crippen LogP contribution in [0, 0.1) is 10.8 Å². The highest BCUT2D eigenvalue weighted by molar-refractivity contribution is 9.09. The average molecular weight is 355 g/mol. The van der Waals surface area contributed by atoms with E-state index in [1.54, 1.807) is 25.3 Å². The summed E-state index contributed by atoms with van der Waals surface area (Å²) in [6.45, 7) is 0. The second-order valence-corrected chi connectivity index (χ2v) is 5.80. The van der Waals surface area contributed by atoms with Gasteiger partial charge in [-0.15, -0.1) is 4.91 Å². The van der Waals surface area contributed by atoms with E-state index in [0.717, 1.165) is 11.3 Å². The molecule has 5 heteroatoms. The number of nitrogens with zero attached hydrogens (tertiary/aromatic N) is 1. The number of ether oxygens (including phenoxy) is 1. The van der Waals surface area contributed by atoms with E-state index in [4.69, 9.17) is 16.3 Å². The number of benzene rings is 1. The molecule has 0 saturated carbocycles. The fourth-order valence-electron chi connectivity index (χ4n) is 1.90. The minimum Gasteiger partial charge on any atom is -0.497 e. The molecule has 1 aliphatic carbocycles. The quantitative estimate of drug-likeness (QED) is 0.548. The SMILES string of the molecule is COC1=CC(/C=C/c2ccc(Cl)cc2N=O)C(Br)C=C1. The summed E-state index contributed by atoms with van der Waals surface area (Å²) in [6, 6.07) is 5.06. The number of allylic oxidation sites excluding steroid dienone is 4. The summed E-state index contributed by atoms with van der Waals surface area (Å²) in [4.78, 5) is 11.0. The molecule has 1 aromatic rings. The van der Waals surface area contributed by atoms with Gasteiger partial charge < -0.3 is 4.74 Å². The van der Waals surface area contributed by atoms with Gasteiger partial charge in [0, 0.05) is 21.3 Å². The lowest BCUT2D eigenvalue weighted by molar-refractivity contribution is 0.302. The third-order valence-electron chi connectivity index (χ3n) is 2.99. The van der Waals surface area contributed by atoms with Crippen molar-refractivity contribution in [2.24, 2.45) is 11.1 Å². The van der Waals surface area contributed by atoms with Crippen molar-refractivity contribution in [2.45, 2.75) is 4.83 Å². The number of hydrogen-bond acceptors (Lipinski definition) is 3. The molecule has 0 amide bonds. The van der Waals surface area contributed by atoms with Gasteiger partial charge in [-0.05, 0) is 29.5 Å². The smallest absolute Gasteiger partial charge is 0.116 e. The molecule has 0 heterocycles. The van der Waals surface area contributed by atoms with E-state index in [0.29, 0.717) is 10.7 Å². The Hall–Kier alpha value is -1.39. The van der Waals surface area contributed by atoms with E-state index < -0.39 is 0 Å². The first-order valence-corrected chi connectivity index (χ1v) is 7.32. The van der Waals surface area contributed by atoms with Crippen LogP contribution in [0.2, 0.25) is 5.02 Å². The van der Waals surface area contributed by atoms with Crippen LogP contribution in [0.1, 0.15) is 5.56 Å². The number of methoxy groups -OCH3 is 1. The Labute approximate surface area is 131 Å². The minimum atomic E-state index is 0.144. The van der Waals surface area contributed by atoms with Crippen LogP contribution in [0.25, 0.3) is 6.08 Å². The maximum absolute atomic E-state index is 10.8. The van der Waals surface area contributed by atoms with Gasteiger partial charge in [0.1, 0.15) is 11.4 Å². The van der Waals surface area contributed by atoms with Gasteiger partial charge in [0.25, 0.3) is 0 Å². The van der Waals surface area contributed by atoms with E-state index >= 15 is 0 Å². The topological polar surface area (TPSA) is 38.7 Å². The van der Waals surface area contributed by atoms with Crippen molar-refractivity contribution in [1.82, 2.24) is 0 Å². The Kier molecular flexibility index (Phi) is 5.15. The van der Waals surface area contributed by atoms with Crippen LogP contribution in [0.3, 0.4) is 0 Å². The van der Waals surface area contributed by atoms with Gasteiger partial charge >= 0.3 is 0 Å². The Bertz CT molecular complexity index is 596. The van der Waals surface area contributed by atoms with Crippen LogP contribution in [0.5, 0.6) is 0 Å². The standard InChI is InChI=1S/C15H13BrClNO2/c1-20-13-6-7-14(16)11(8-13)3-2-10-4-5-12(17)9-15(10)18-19/h2-9,11,14H,1H3/b3-2+. The molecule has 104 valence electrons. The molecule has 0 aliphatic heterocycles. The molecular weight excluding hydrogens is 342 g/mol. The van der Waals surface area contributed by atoms with Gasteiger partial charge in [-0.25, -0.2) is 0 Å². The molecule has 0 aromatic heterocycles. The average Bonchev–Trinajstić information content (AvgIpc) is 2.47. The molecule has 1 aromatic carbocycles. The summed E-state index contributed by atoms with van der Waals surface area (Å²) in [5.74, 6) is 0.963. The molecule has 0 fully saturated rings. The normalized spacial score (nSPS) is 21.9. The van der Waals surface area contributed by atoms with E-state index in [9.17, 15) is 4.91 Å². The highest BCUT2D eigenvalue weighted by Gasteiger charge is 2.16. The first kappa shape index (κ1) is 15.0. The zero-order valence-corrected chi connectivity index (χ0v) is 13.1. The predicted octanol–water partition coefficient (Wildman–Crippen LogP) is 5.23. The van der Waals surface area contributed by atoms with Gasteiger partial charge in [0.2, 0.25) is 0 Å². The molecule has 0 spiro atoms. The Balaban J connectivity index is 2.23. The maximum atomic E-state index is 10.8. The molecule has 3 nitrogen and oxygen atoms in total.